The van der Waals surface area contributed by atoms with Crippen molar-refractivity contribution in [1.82, 2.24) is 10.6 Å². The van der Waals surface area contributed by atoms with E-state index in [1.54, 1.807) is 0 Å². The van der Waals surface area contributed by atoms with Crippen molar-refractivity contribution in [2.45, 2.75) is 43.6 Å². The van der Waals surface area contributed by atoms with Gasteiger partial charge in [0.1, 0.15) is 0 Å². The Morgan fingerprint density at radius 1 is 1.31 bits per heavy atom. The Morgan fingerprint density at radius 3 is 2.81 bits per heavy atom. The molecule has 2 N–H and O–H groups in total. The molecule has 16 heavy (non-hydrogen) atoms. The highest BCUT2D eigenvalue weighted by Crippen LogP contribution is 2.37. The molecule has 2 heterocycles. The first-order valence-electron chi connectivity index (χ1n) is 6.09. The van der Waals surface area contributed by atoms with Crippen LogP contribution >= 0.6 is 0 Å². The van der Waals surface area contributed by atoms with Gasteiger partial charge in [0.2, 0.25) is 5.91 Å². The summed E-state index contributed by atoms with van der Waals surface area (Å²) in [7, 11) is 0. The second-order valence-corrected chi connectivity index (χ2v) is 4.85. The van der Waals surface area contributed by atoms with Gasteiger partial charge in [-0.25, -0.2) is 0 Å². The number of nitrogens with one attached hydrogen (secondary N) is 2. The molecule has 3 rings (SSSR count). The molecule has 2 unspecified atom stereocenters. The van der Waals surface area contributed by atoms with E-state index in [1.165, 1.54) is 0 Å². The van der Waals surface area contributed by atoms with E-state index in [9.17, 15) is 4.79 Å². The van der Waals surface area contributed by atoms with Crippen molar-refractivity contribution in [3.05, 3.63) is 0 Å². The maximum Gasteiger partial charge on any atom is 0.237 e. The van der Waals surface area contributed by atoms with Crippen molar-refractivity contribution in [1.29, 1.82) is 0 Å². The molecule has 2 atom stereocenters. The first-order chi connectivity index (χ1) is 7.77. The zero-order chi connectivity index (χ0) is 11.0. The maximum absolute atomic E-state index is 11.4. The van der Waals surface area contributed by atoms with Crippen LogP contribution in [0.2, 0.25) is 0 Å². The zero-order valence-electron chi connectivity index (χ0n) is 9.33. The molecule has 3 aliphatic rings. The highest BCUT2D eigenvalue weighted by Gasteiger charge is 2.45. The SMILES string of the molecule is O=C1NCCC1NC1CCC2(C1)OCCO2. The Bertz CT molecular complexity index is 289. The van der Waals surface area contributed by atoms with E-state index in [0.29, 0.717) is 19.3 Å². The molecular weight excluding hydrogens is 208 g/mol. The average Bonchev–Trinajstić information content (AvgIpc) is 2.96. The highest BCUT2D eigenvalue weighted by molar-refractivity contribution is 5.83. The summed E-state index contributed by atoms with van der Waals surface area (Å²) in [6.45, 7) is 2.20. The predicted octanol–water partition coefficient (Wildman–Crippen LogP) is -0.240. The lowest BCUT2D eigenvalue weighted by Crippen LogP contribution is -2.42. The fraction of sp³-hybridized carbons (Fsp3) is 0.909. The van der Waals surface area contributed by atoms with E-state index in [-0.39, 0.29) is 17.7 Å². The second kappa shape index (κ2) is 3.98. The third-order valence-corrected chi connectivity index (χ3v) is 3.73. The van der Waals surface area contributed by atoms with Crippen LogP contribution in [-0.2, 0) is 14.3 Å². The molecule has 2 saturated heterocycles. The predicted molar refractivity (Wildman–Crippen MR) is 56.8 cm³/mol. The van der Waals surface area contributed by atoms with Gasteiger partial charge in [-0.3, -0.25) is 4.79 Å². The topological polar surface area (TPSA) is 59.6 Å². The van der Waals surface area contributed by atoms with Crippen molar-refractivity contribution in [2.24, 2.45) is 0 Å². The number of hydrogen-bond donors (Lipinski definition) is 2. The Morgan fingerprint density at radius 2 is 2.12 bits per heavy atom. The summed E-state index contributed by atoms with van der Waals surface area (Å²) >= 11 is 0. The van der Waals surface area contributed by atoms with E-state index in [2.05, 4.69) is 10.6 Å². The monoisotopic (exact) mass is 226 g/mol. The molecule has 0 aromatic carbocycles. The van der Waals surface area contributed by atoms with Crippen LogP contribution in [0, 0.1) is 0 Å². The van der Waals surface area contributed by atoms with E-state index < -0.39 is 0 Å². The maximum atomic E-state index is 11.4. The molecule has 5 nitrogen and oxygen atoms in total. The smallest absolute Gasteiger partial charge is 0.237 e. The molecule has 0 aromatic heterocycles. The molecule has 3 fully saturated rings. The Hall–Kier alpha value is -0.650. The van der Waals surface area contributed by atoms with Gasteiger partial charge in [0.05, 0.1) is 19.3 Å². The van der Waals surface area contributed by atoms with Crippen LogP contribution in [0.25, 0.3) is 0 Å². The van der Waals surface area contributed by atoms with Gasteiger partial charge in [0.15, 0.2) is 5.79 Å². The van der Waals surface area contributed by atoms with Gasteiger partial charge in [-0.2, -0.15) is 0 Å². The summed E-state index contributed by atoms with van der Waals surface area (Å²) in [5, 5.41) is 6.25. The van der Waals surface area contributed by atoms with E-state index in [0.717, 1.165) is 32.2 Å². The normalized spacial score (nSPS) is 37.1. The van der Waals surface area contributed by atoms with Gasteiger partial charge in [0.25, 0.3) is 0 Å². The standard InChI is InChI=1S/C11H18N2O3/c14-10-9(2-4-12-10)13-8-1-3-11(7-8)15-5-6-16-11/h8-9,13H,1-7H2,(H,12,14). The average molecular weight is 226 g/mol. The number of ether oxygens (including phenoxy) is 2. The fourth-order valence-corrected chi connectivity index (χ4v) is 2.91. The van der Waals surface area contributed by atoms with Crippen LogP contribution < -0.4 is 10.6 Å². The van der Waals surface area contributed by atoms with Crippen LogP contribution in [-0.4, -0.2) is 43.5 Å². The van der Waals surface area contributed by atoms with Crippen LogP contribution in [0.15, 0.2) is 0 Å². The van der Waals surface area contributed by atoms with Crippen molar-refractivity contribution < 1.29 is 14.3 Å². The minimum Gasteiger partial charge on any atom is -0.355 e. The molecular formula is C11H18N2O3. The lowest BCUT2D eigenvalue weighted by Gasteiger charge is -2.22. The lowest BCUT2D eigenvalue weighted by molar-refractivity contribution is -0.151. The molecule has 1 aliphatic carbocycles. The Labute approximate surface area is 94.9 Å². The van der Waals surface area contributed by atoms with Crippen LogP contribution in [0.3, 0.4) is 0 Å². The van der Waals surface area contributed by atoms with Gasteiger partial charge in [0, 0.05) is 25.4 Å². The fourth-order valence-electron chi connectivity index (χ4n) is 2.91. The number of rotatable bonds is 2. The molecule has 2 aliphatic heterocycles. The summed E-state index contributed by atoms with van der Waals surface area (Å²) in [6, 6.07) is 0.341. The number of carbonyl (C=O) groups excluding carboxylic acids is 1. The molecule has 90 valence electrons. The Balaban J connectivity index is 1.55. The van der Waals surface area contributed by atoms with E-state index in [4.69, 9.17) is 9.47 Å². The molecule has 1 spiro atoms. The van der Waals surface area contributed by atoms with Crippen LogP contribution in [0.1, 0.15) is 25.7 Å². The summed E-state index contributed by atoms with van der Waals surface area (Å²) in [5.74, 6) is -0.207. The molecule has 5 heteroatoms. The van der Waals surface area contributed by atoms with Gasteiger partial charge in [-0.15, -0.1) is 0 Å². The second-order valence-electron chi connectivity index (χ2n) is 4.85. The van der Waals surface area contributed by atoms with Gasteiger partial charge in [-0.1, -0.05) is 0 Å². The number of hydrogen-bond acceptors (Lipinski definition) is 4. The van der Waals surface area contributed by atoms with Gasteiger partial charge >= 0.3 is 0 Å². The van der Waals surface area contributed by atoms with Crippen LogP contribution in [0.4, 0.5) is 0 Å². The third kappa shape index (κ3) is 1.83. The molecule has 0 radical (unpaired) electrons. The largest absolute Gasteiger partial charge is 0.355 e. The molecule has 0 bridgehead atoms. The summed E-state index contributed by atoms with van der Waals surface area (Å²) < 4.78 is 11.3. The van der Waals surface area contributed by atoms with E-state index in [1.807, 2.05) is 0 Å². The first kappa shape index (κ1) is 10.5. The third-order valence-electron chi connectivity index (χ3n) is 3.73. The van der Waals surface area contributed by atoms with E-state index >= 15 is 0 Å². The number of carbonyl (C=O) groups is 1. The lowest BCUT2D eigenvalue weighted by atomic mass is 10.1. The summed E-state index contributed by atoms with van der Waals surface area (Å²) in [6.07, 6.45) is 3.74. The molecule has 0 aromatic rings. The van der Waals surface area contributed by atoms with Crippen molar-refractivity contribution in [3.8, 4) is 0 Å². The zero-order valence-corrected chi connectivity index (χ0v) is 9.33. The summed E-state index contributed by atoms with van der Waals surface area (Å²) in [4.78, 5) is 11.4. The molecule has 1 amide bonds. The van der Waals surface area contributed by atoms with Gasteiger partial charge < -0.3 is 20.1 Å². The van der Waals surface area contributed by atoms with Gasteiger partial charge in [-0.05, 0) is 12.8 Å². The van der Waals surface area contributed by atoms with Crippen molar-refractivity contribution in [2.75, 3.05) is 19.8 Å². The first-order valence-corrected chi connectivity index (χ1v) is 6.09. The van der Waals surface area contributed by atoms with Crippen molar-refractivity contribution >= 4 is 5.91 Å². The molecule has 1 saturated carbocycles. The van der Waals surface area contributed by atoms with Crippen LogP contribution in [0.5, 0.6) is 0 Å². The number of amides is 1. The Kier molecular flexibility index (Phi) is 2.61. The quantitative estimate of drug-likeness (QED) is 0.682. The minimum absolute atomic E-state index is 0.0125. The van der Waals surface area contributed by atoms with Crippen molar-refractivity contribution in [3.63, 3.8) is 0 Å². The minimum atomic E-state index is -0.341. The summed E-state index contributed by atoms with van der Waals surface area (Å²) in [5.41, 5.74) is 0. The highest BCUT2D eigenvalue weighted by atomic mass is 16.7.